The Kier molecular flexibility index (Phi) is 4.80. The molecule has 0 atom stereocenters. The quantitative estimate of drug-likeness (QED) is 0.504. The highest BCUT2D eigenvalue weighted by Gasteiger charge is 2.25. The van der Waals surface area contributed by atoms with Gasteiger partial charge < -0.3 is 10.6 Å². The first-order valence-corrected chi connectivity index (χ1v) is 5.95. The zero-order valence-corrected chi connectivity index (χ0v) is 10.9. The number of nitro benzene ring substituents is 1. The van der Waals surface area contributed by atoms with Crippen molar-refractivity contribution in [3.63, 3.8) is 0 Å². The maximum atomic E-state index is 13.3. The lowest BCUT2D eigenvalue weighted by molar-refractivity contribution is -0.385. The summed E-state index contributed by atoms with van der Waals surface area (Å²) in [6.45, 7) is 4.56. The smallest absolute Gasteiger partial charge is 0.285 e. The molecule has 0 saturated carbocycles. The Hall–Kier alpha value is -2.18. The predicted octanol–water partition coefficient (Wildman–Crippen LogP) is 2.19. The zero-order chi connectivity index (χ0) is 14.6. The Morgan fingerprint density at radius 2 is 2.11 bits per heavy atom. The Balaban J connectivity index is 3.28. The number of halogens is 1. The molecule has 1 rings (SSSR count). The van der Waals surface area contributed by atoms with Crippen LogP contribution in [0.15, 0.2) is 12.1 Å². The van der Waals surface area contributed by atoms with Gasteiger partial charge in [0.25, 0.3) is 11.6 Å². The molecule has 1 aromatic rings. The van der Waals surface area contributed by atoms with Crippen molar-refractivity contribution in [3.05, 3.63) is 33.6 Å². The van der Waals surface area contributed by atoms with Gasteiger partial charge in [-0.15, -0.1) is 0 Å². The number of nitrogens with two attached hydrogens (primary N) is 1. The second-order valence-electron chi connectivity index (χ2n) is 4.03. The number of hydrogen-bond acceptors (Lipinski definition) is 4. The molecule has 0 radical (unpaired) electrons. The predicted molar refractivity (Wildman–Crippen MR) is 69.3 cm³/mol. The minimum atomic E-state index is -0.901. The molecule has 6 nitrogen and oxygen atoms in total. The Morgan fingerprint density at radius 1 is 1.47 bits per heavy atom. The monoisotopic (exact) mass is 269 g/mol. The average molecular weight is 269 g/mol. The highest BCUT2D eigenvalue weighted by molar-refractivity contribution is 5.99. The topological polar surface area (TPSA) is 89.5 Å². The summed E-state index contributed by atoms with van der Waals surface area (Å²) in [6, 6.07) is 1.70. The van der Waals surface area contributed by atoms with Gasteiger partial charge in [0.05, 0.1) is 16.7 Å². The first kappa shape index (κ1) is 14.9. The van der Waals surface area contributed by atoms with Crippen LogP contribution < -0.4 is 5.73 Å². The summed E-state index contributed by atoms with van der Waals surface area (Å²) in [6.07, 6.45) is 0.726. The number of nitrogen functional groups attached to an aromatic ring is 1. The fourth-order valence-electron chi connectivity index (χ4n) is 1.75. The van der Waals surface area contributed by atoms with E-state index in [1.54, 1.807) is 6.92 Å². The lowest BCUT2D eigenvalue weighted by Gasteiger charge is -2.20. The molecule has 0 heterocycles. The van der Waals surface area contributed by atoms with Crippen LogP contribution in [0.5, 0.6) is 0 Å². The lowest BCUT2D eigenvalue weighted by atomic mass is 10.1. The molecule has 2 N–H and O–H groups in total. The van der Waals surface area contributed by atoms with Crippen molar-refractivity contribution in [1.29, 1.82) is 0 Å². The minimum absolute atomic E-state index is 0.181. The van der Waals surface area contributed by atoms with E-state index < -0.39 is 22.3 Å². The number of carbonyl (C=O) groups excluding carboxylic acids is 1. The van der Waals surface area contributed by atoms with Gasteiger partial charge in [0.2, 0.25) is 0 Å². The van der Waals surface area contributed by atoms with Crippen LogP contribution >= 0.6 is 0 Å². The van der Waals surface area contributed by atoms with E-state index >= 15 is 0 Å². The maximum Gasteiger partial charge on any atom is 0.285 e. The third-order valence-electron chi connectivity index (χ3n) is 2.70. The molecular formula is C12H16FN3O3. The molecule has 1 aromatic carbocycles. The van der Waals surface area contributed by atoms with Crippen LogP contribution in [0.3, 0.4) is 0 Å². The number of nitrogens with zero attached hydrogens (tertiary/aromatic N) is 2. The summed E-state index contributed by atoms with van der Waals surface area (Å²) in [5.41, 5.74) is 4.35. The van der Waals surface area contributed by atoms with E-state index in [2.05, 4.69) is 0 Å². The molecule has 0 saturated heterocycles. The number of anilines is 1. The number of amides is 1. The van der Waals surface area contributed by atoms with Crippen molar-refractivity contribution >= 4 is 17.3 Å². The SMILES string of the molecule is CCCN(CC)C(=O)c1cc(N)c(F)cc1[N+](=O)[O-]. The van der Waals surface area contributed by atoms with Crippen molar-refractivity contribution in [2.45, 2.75) is 20.3 Å². The van der Waals surface area contributed by atoms with Crippen LogP contribution in [0.4, 0.5) is 15.8 Å². The number of carbonyl (C=O) groups is 1. The van der Waals surface area contributed by atoms with Gasteiger partial charge in [0.1, 0.15) is 5.56 Å². The standard InChI is InChI=1S/C12H16FN3O3/c1-3-5-15(4-2)12(17)8-6-10(14)9(13)7-11(8)16(18)19/h6-7H,3-5,14H2,1-2H3. The molecular weight excluding hydrogens is 253 g/mol. The average Bonchev–Trinajstić information content (AvgIpc) is 2.37. The molecule has 19 heavy (non-hydrogen) atoms. The van der Waals surface area contributed by atoms with Gasteiger partial charge in [-0.25, -0.2) is 4.39 Å². The van der Waals surface area contributed by atoms with Crippen molar-refractivity contribution in [3.8, 4) is 0 Å². The van der Waals surface area contributed by atoms with Gasteiger partial charge in [-0.3, -0.25) is 14.9 Å². The second-order valence-corrected chi connectivity index (χ2v) is 4.03. The summed E-state index contributed by atoms with van der Waals surface area (Å²) in [5.74, 6) is -1.41. The fraction of sp³-hybridized carbons (Fsp3) is 0.417. The third kappa shape index (κ3) is 3.18. The van der Waals surface area contributed by atoms with Crippen LogP contribution in [0, 0.1) is 15.9 Å². The van der Waals surface area contributed by atoms with Crippen molar-refractivity contribution in [2.24, 2.45) is 0 Å². The minimum Gasteiger partial charge on any atom is -0.396 e. The molecule has 0 spiro atoms. The van der Waals surface area contributed by atoms with Crippen LogP contribution in [0.2, 0.25) is 0 Å². The highest BCUT2D eigenvalue weighted by Crippen LogP contribution is 2.25. The first-order chi connectivity index (χ1) is 8.92. The second kappa shape index (κ2) is 6.12. The van der Waals surface area contributed by atoms with E-state index in [0.29, 0.717) is 19.2 Å². The number of hydrogen-bond donors (Lipinski definition) is 1. The van der Waals surface area contributed by atoms with Gasteiger partial charge in [-0.2, -0.15) is 0 Å². The largest absolute Gasteiger partial charge is 0.396 e. The third-order valence-corrected chi connectivity index (χ3v) is 2.70. The molecule has 0 aliphatic rings. The van der Waals surface area contributed by atoms with E-state index in [4.69, 9.17) is 5.73 Å². The van der Waals surface area contributed by atoms with Crippen LogP contribution in [0.25, 0.3) is 0 Å². The van der Waals surface area contributed by atoms with Gasteiger partial charge in [0, 0.05) is 13.1 Å². The van der Waals surface area contributed by atoms with E-state index in [9.17, 15) is 19.3 Å². The molecule has 104 valence electrons. The maximum absolute atomic E-state index is 13.3. The van der Waals surface area contributed by atoms with Crippen molar-refractivity contribution < 1.29 is 14.1 Å². The fourth-order valence-corrected chi connectivity index (χ4v) is 1.75. The van der Waals surface area contributed by atoms with Crippen LogP contribution in [-0.2, 0) is 0 Å². The number of benzene rings is 1. The zero-order valence-electron chi connectivity index (χ0n) is 10.9. The van der Waals surface area contributed by atoms with E-state index in [-0.39, 0.29) is 11.3 Å². The summed E-state index contributed by atoms with van der Waals surface area (Å²) in [5, 5.41) is 10.9. The molecule has 0 aliphatic carbocycles. The lowest BCUT2D eigenvalue weighted by Crippen LogP contribution is -2.32. The summed E-state index contributed by atoms with van der Waals surface area (Å²) >= 11 is 0. The highest BCUT2D eigenvalue weighted by atomic mass is 19.1. The summed E-state index contributed by atoms with van der Waals surface area (Å²) < 4.78 is 13.3. The number of rotatable bonds is 5. The van der Waals surface area contributed by atoms with E-state index in [1.807, 2.05) is 6.92 Å². The van der Waals surface area contributed by atoms with E-state index in [0.717, 1.165) is 12.5 Å². The molecule has 0 bridgehead atoms. The first-order valence-electron chi connectivity index (χ1n) is 5.95. The number of nitro groups is 1. The molecule has 0 aromatic heterocycles. The van der Waals surface area contributed by atoms with Gasteiger partial charge >= 0.3 is 0 Å². The molecule has 0 fully saturated rings. The normalized spacial score (nSPS) is 10.3. The van der Waals surface area contributed by atoms with Gasteiger partial charge in [-0.05, 0) is 19.4 Å². The summed E-state index contributed by atoms with van der Waals surface area (Å²) in [7, 11) is 0. The molecule has 0 aliphatic heterocycles. The molecule has 1 amide bonds. The Morgan fingerprint density at radius 3 is 2.58 bits per heavy atom. The van der Waals surface area contributed by atoms with Gasteiger partial charge in [-0.1, -0.05) is 6.92 Å². The molecule has 0 unspecified atom stereocenters. The molecule has 7 heteroatoms. The van der Waals surface area contributed by atoms with Crippen molar-refractivity contribution in [1.82, 2.24) is 4.90 Å². The van der Waals surface area contributed by atoms with E-state index in [1.165, 1.54) is 4.90 Å². The van der Waals surface area contributed by atoms with Crippen LogP contribution in [-0.4, -0.2) is 28.8 Å². The summed E-state index contributed by atoms with van der Waals surface area (Å²) in [4.78, 5) is 23.8. The Bertz CT molecular complexity index is 505. The van der Waals surface area contributed by atoms with Crippen LogP contribution in [0.1, 0.15) is 30.6 Å². The van der Waals surface area contributed by atoms with Crippen molar-refractivity contribution in [2.75, 3.05) is 18.8 Å². The Labute approximate surface area is 110 Å². The van der Waals surface area contributed by atoms with Gasteiger partial charge in [0.15, 0.2) is 5.82 Å².